The summed E-state index contributed by atoms with van der Waals surface area (Å²) < 4.78 is 10.7. The molecule has 2 amide bonds. The van der Waals surface area contributed by atoms with E-state index in [0.717, 1.165) is 0 Å². The van der Waals surface area contributed by atoms with Gasteiger partial charge in [-0.1, -0.05) is 29.8 Å². The molecule has 2 aromatic carbocycles. The molecule has 2 rings (SSSR count). The number of benzene rings is 2. The number of amides is 2. The molecule has 0 saturated carbocycles. The Hall–Kier alpha value is -2.73. The molecule has 7 heteroatoms. The average Bonchev–Trinajstić information content (AvgIpc) is 2.60. The summed E-state index contributed by atoms with van der Waals surface area (Å²) >= 11 is 5.78. The summed E-state index contributed by atoms with van der Waals surface area (Å²) in [5.41, 5.74) is 4.54. The van der Waals surface area contributed by atoms with Gasteiger partial charge in [-0.25, -0.2) is 0 Å². The molecule has 0 aliphatic rings. The molecular formula is C17H17ClN2O4. The Kier molecular flexibility index (Phi) is 6.45. The Bertz CT molecular complexity index is 677. The molecule has 0 heterocycles. The molecule has 6 nitrogen and oxygen atoms in total. The fourth-order valence-electron chi connectivity index (χ4n) is 1.71. The number of halogens is 1. The van der Waals surface area contributed by atoms with Crippen molar-refractivity contribution in [1.29, 1.82) is 0 Å². The molecule has 2 N–H and O–H groups in total. The van der Waals surface area contributed by atoms with Crippen molar-refractivity contribution in [3.8, 4) is 11.5 Å². The molecule has 2 aromatic rings. The van der Waals surface area contributed by atoms with E-state index in [2.05, 4.69) is 10.9 Å². The quantitative estimate of drug-likeness (QED) is 0.785. The van der Waals surface area contributed by atoms with Crippen molar-refractivity contribution in [2.24, 2.45) is 0 Å². The summed E-state index contributed by atoms with van der Waals surface area (Å²) in [6.07, 6.45) is -0.790. The minimum Gasteiger partial charge on any atom is -0.484 e. The Labute approximate surface area is 144 Å². The maximum absolute atomic E-state index is 11.9. The van der Waals surface area contributed by atoms with Crippen LogP contribution in [0.25, 0.3) is 0 Å². The lowest BCUT2D eigenvalue weighted by molar-refractivity contribution is -0.133. The first kappa shape index (κ1) is 17.6. The molecule has 0 aliphatic heterocycles. The van der Waals surface area contributed by atoms with Gasteiger partial charge in [-0.2, -0.15) is 0 Å². The smallest absolute Gasteiger partial charge is 0.279 e. The Morgan fingerprint density at radius 2 is 1.67 bits per heavy atom. The van der Waals surface area contributed by atoms with E-state index in [1.54, 1.807) is 55.5 Å². The third-order valence-electron chi connectivity index (χ3n) is 2.93. The average molecular weight is 349 g/mol. The van der Waals surface area contributed by atoms with Gasteiger partial charge in [0.05, 0.1) is 0 Å². The number of hydrazine groups is 1. The maximum Gasteiger partial charge on any atom is 0.279 e. The van der Waals surface area contributed by atoms with Crippen LogP contribution in [0, 0.1) is 0 Å². The number of para-hydroxylation sites is 1. The summed E-state index contributed by atoms with van der Waals surface area (Å²) in [6, 6.07) is 15.5. The molecule has 1 atom stereocenters. The van der Waals surface area contributed by atoms with Gasteiger partial charge in [0, 0.05) is 5.02 Å². The lowest BCUT2D eigenvalue weighted by Crippen LogP contribution is -2.48. The Balaban J connectivity index is 1.71. The summed E-state index contributed by atoms with van der Waals surface area (Å²) in [4.78, 5) is 23.5. The predicted molar refractivity (Wildman–Crippen MR) is 89.8 cm³/mol. The minimum absolute atomic E-state index is 0.212. The van der Waals surface area contributed by atoms with Crippen LogP contribution in [0.1, 0.15) is 6.92 Å². The highest BCUT2D eigenvalue weighted by atomic mass is 35.5. The van der Waals surface area contributed by atoms with Crippen LogP contribution in [0.3, 0.4) is 0 Å². The number of rotatable bonds is 6. The van der Waals surface area contributed by atoms with E-state index in [9.17, 15) is 9.59 Å². The first-order valence-corrected chi connectivity index (χ1v) is 7.61. The van der Waals surface area contributed by atoms with Gasteiger partial charge in [0.2, 0.25) is 0 Å². The Morgan fingerprint density at radius 1 is 1.00 bits per heavy atom. The molecule has 1 unspecified atom stereocenters. The van der Waals surface area contributed by atoms with Crippen LogP contribution in [0.15, 0.2) is 54.6 Å². The van der Waals surface area contributed by atoms with Gasteiger partial charge < -0.3 is 9.47 Å². The van der Waals surface area contributed by atoms with Gasteiger partial charge in [-0.15, -0.1) is 0 Å². The van der Waals surface area contributed by atoms with Gasteiger partial charge in [0.1, 0.15) is 11.5 Å². The number of carbonyl (C=O) groups excluding carboxylic acids is 2. The third-order valence-corrected chi connectivity index (χ3v) is 3.19. The van der Waals surface area contributed by atoms with Gasteiger partial charge >= 0.3 is 0 Å². The second kappa shape index (κ2) is 8.79. The Morgan fingerprint density at radius 3 is 2.33 bits per heavy atom. The minimum atomic E-state index is -0.790. The fraction of sp³-hybridized carbons (Fsp3) is 0.176. The lowest BCUT2D eigenvalue weighted by atomic mass is 10.3. The molecule has 0 aromatic heterocycles. The molecule has 24 heavy (non-hydrogen) atoms. The van der Waals surface area contributed by atoms with E-state index in [1.807, 2.05) is 6.07 Å². The zero-order valence-corrected chi connectivity index (χ0v) is 13.7. The van der Waals surface area contributed by atoms with Crippen molar-refractivity contribution in [2.45, 2.75) is 13.0 Å². The molecule has 0 fully saturated rings. The highest BCUT2D eigenvalue weighted by Gasteiger charge is 2.15. The zero-order valence-electron chi connectivity index (χ0n) is 13.0. The normalized spacial score (nSPS) is 11.2. The van der Waals surface area contributed by atoms with Crippen LogP contribution in [-0.2, 0) is 9.59 Å². The zero-order chi connectivity index (χ0) is 17.4. The van der Waals surface area contributed by atoms with Crippen molar-refractivity contribution in [3.05, 3.63) is 59.6 Å². The predicted octanol–water partition coefficient (Wildman–Crippen LogP) is 2.33. The van der Waals surface area contributed by atoms with Crippen molar-refractivity contribution in [2.75, 3.05) is 6.61 Å². The van der Waals surface area contributed by atoms with E-state index < -0.39 is 17.9 Å². The molecule has 0 spiro atoms. The van der Waals surface area contributed by atoms with Crippen molar-refractivity contribution < 1.29 is 19.1 Å². The second-order valence-corrected chi connectivity index (χ2v) is 5.29. The topological polar surface area (TPSA) is 76.7 Å². The van der Waals surface area contributed by atoms with Gasteiger partial charge in [0.25, 0.3) is 11.8 Å². The monoisotopic (exact) mass is 348 g/mol. The highest BCUT2D eigenvalue weighted by molar-refractivity contribution is 6.30. The second-order valence-electron chi connectivity index (χ2n) is 4.85. The fourth-order valence-corrected chi connectivity index (χ4v) is 1.83. The molecule has 0 radical (unpaired) electrons. The summed E-state index contributed by atoms with van der Waals surface area (Å²) in [5.74, 6) is 0.100. The van der Waals surface area contributed by atoms with Crippen LogP contribution in [0.4, 0.5) is 0 Å². The van der Waals surface area contributed by atoms with E-state index in [0.29, 0.717) is 16.5 Å². The molecule has 0 saturated heterocycles. The van der Waals surface area contributed by atoms with Crippen molar-refractivity contribution >= 4 is 23.4 Å². The molecule has 0 bridgehead atoms. The largest absolute Gasteiger partial charge is 0.484 e. The van der Waals surface area contributed by atoms with E-state index in [-0.39, 0.29) is 6.61 Å². The van der Waals surface area contributed by atoms with Crippen LogP contribution in [0.2, 0.25) is 5.02 Å². The van der Waals surface area contributed by atoms with E-state index >= 15 is 0 Å². The van der Waals surface area contributed by atoms with Gasteiger partial charge in [-0.05, 0) is 43.3 Å². The van der Waals surface area contributed by atoms with E-state index in [4.69, 9.17) is 21.1 Å². The summed E-state index contributed by atoms with van der Waals surface area (Å²) in [5, 5.41) is 0.574. The van der Waals surface area contributed by atoms with Crippen molar-refractivity contribution in [1.82, 2.24) is 10.9 Å². The summed E-state index contributed by atoms with van der Waals surface area (Å²) in [7, 11) is 0. The van der Waals surface area contributed by atoms with Crippen LogP contribution in [0.5, 0.6) is 11.5 Å². The lowest BCUT2D eigenvalue weighted by Gasteiger charge is -2.15. The number of carbonyl (C=O) groups is 2. The van der Waals surface area contributed by atoms with Crippen molar-refractivity contribution in [3.63, 3.8) is 0 Å². The number of hydrogen-bond acceptors (Lipinski definition) is 4. The molecule has 0 aliphatic carbocycles. The van der Waals surface area contributed by atoms with Gasteiger partial charge in [-0.3, -0.25) is 20.4 Å². The van der Waals surface area contributed by atoms with Crippen LogP contribution in [-0.4, -0.2) is 24.5 Å². The third kappa shape index (κ3) is 5.81. The van der Waals surface area contributed by atoms with Crippen LogP contribution >= 0.6 is 11.6 Å². The standard InChI is InChI=1S/C17H17ClN2O4/c1-12(24-15-9-7-13(18)8-10-15)17(22)20-19-16(21)11-23-14-5-3-2-4-6-14/h2-10,12H,11H2,1H3,(H,19,21)(H,20,22). The van der Waals surface area contributed by atoms with Gasteiger partial charge in [0.15, 0.2) is 12.7 Å². The first-order valence-electron chi connectivity index (χ1n) is 7.23. The van der Waals surface area contributed by atoms with Crippen LogP contribution < -0.4 is 20.3 Å². The first-order chi connectivity index (χ1) is 11.5. The molecule has 126 valence electrons. The summed E-state index contributed by atoms with van der Waals surface area (Å²) in [6.45, 7) is 1.35. The number of ether oxygens (including phenoxy) is 2. The molecular weight excluding hydrogens is 332 g/mol. The SMILES string of the molecule is CC(Oc1ccc(Cl)cc1)C(=O)NNC(=O)COc1ccccc1. The maximum atomic E-state index is 11.9. The van der Waals surface area contributed by atoms with E-state index in [1.165, 1.54) is 0 Å². The number of hydrogen-bond donors (Lipinski definition) is 2. The highest BCUT2D eigenvalue weighted by Crippen LogP contribution is 2.16. The number of nitrogens with one attached hydrogen (secondary N) is 2.